The molecule has 0 saturated heterocycles. The zero-order chi connectivity index (χ0) is 8.27. The maximum atomic E-state index is 10.9. The van der Waals surface area contributed by atoms with E-state index < -0.39 is 0 Å². The second-order valence-corrected chi connectivity index (χ2v) is 2.17. The first-order chi connectivity index (χ1) is 5.25. The zero-order valence-corrected chi connectivity index (χ0v) is 6.55. The van der Waals surface area contributed by atoms with E-state index in [-0.39, 0.29) is 5.78 Å². The van der Waals surface area contributed by atoms with Crippen LogP contribution < -0.4 is 4.74 Å². The highest BCUT2D eigenvalue weighted by Crippen LogP contribution is 2.16. The lowest BCUT2D eigenvalue weighted by Crippen LogP contribution is -1.96. The first kappa shape index (κ1) is 7.79. The Morgan fingerprint density at radius 2 is 2.36 bits per heavy atom. The Bertz CT molecular complexity index is 266. The van der Waals surface area contributed by atoms with Crippen LogP contribution in [0.4, 0.5) is 0 Å². The van der Waals surface area contributed by atoms with E-state index >= 15 is 0 Å². The molecule has 1 radical (unpaired) electrons. The second kappa shape index (κ2) is 3.19. The number of ether oxygens (including phenoxy) is 1. The Morgan fingerprint density at radius 1 is 1.64 bits per heavy atom. The first-order valence-corrected chi connectivity index (χ1v) is 3.31. The van der Waals surface area contributed by atoms with Gasteiger partial charge in [0.2, 0.25) is 0 Å². The van der Waals surface area contributed by atoms with Crippen LogP contribution in [0.15, 0.2) is 18.2 Å². The molecule has 0 atom stereocenters. The Hall–Kier alpha value is -1.31. The van der Waals surface area contributed by atoms with Crippen LogP contribution in [0.25, 0.3) is 0 Å². The van der Waals surface area contributed by atoms with Crippen molar-refractivity contribution in [3.63, 3.8) is 0 Å². The molecule has 0 aromatic heterocycles. The van der Waals surface area contributed by atoms with Crippen molar-refractivity contribution in [3.05, 3.63) is 29.8 Å². The monoisotopic (exact) mass is 149 g/mol. The molecule has 0 saturated carbocycles. The van der Waals surface area contributed by atoms with Gasteiger partial charge in [0.25, 0.3) is 0 Å². The Morgan fingerprint density at radius 3 is 2.82 bits per heavy atom. The van der Waals surface area contributed by atoms with E-state index in [0.717, 1.165) is 0 Å². The molecule has 1 aromatic rings. The van der Waals surface area contributed by atoms with E-state index in [4.69, 9.17) is 4.74 Å². The predicted octanol–water partition coefficient (Wildman–Crippen LogP) is 1.70. The molecular formula is C9H9O2. The summed E-state index contributed by atoms with van der Waals surface area (Å²) in [5, 5.41) is 0. The van der Waals surface area contributed by atoms with Gasteiger partial charge in [-0.25, -0.2) is 0 Å². The highest BCUT2D eigenvalue weighted by Gasteiger charge is 2.04. The number of carbonyl (C=O) groups is 1. The van der Waals surface area contributed by atoms with Gasteiger partial charge in [0.15, 0.2) is 5.78 Å². The first-order valence-electron chi connectivity index (χ1n) is 3.31. The molecule has 1 aromatic carbocycles. The standard InChI is InChI=1S/C9H9O2/c1-7(10)8-5-3-4-6-9(8)11-2/h3-4,6H,1-2H3. The van der Waals surface area contributed by atoms with Crippen LogP contribution in [-0.4, -0.2) is 12.9 Å². The molecule has 0 fully saturated rings. The number of hydrogen-bond acceptors (Lipinski definition) is 2. The summed E-state index contributed by atoms with van der Waals surface area (Å²) in [6.07, 6.45) is 0. The molecule has 2 heteroatoms. The van der Waals surface area contributed by atoms with Crippen LogP contribution in [0.1, 0.15) is 17.3 Å². The van der Waals surface area contributed by atoms with Gasteiger partial charge in [-0.2, -0.15) is 0 Å². The number of benzene rings is 1. The van der Waals surface area contributed by atoms with Crippen LogP contribution in [0.3, 0.4) is 0 Å². The zero-order valence-electron chi connectivity index (χ0n) is 6.55. The summed E-state index contributed by atoms with van der Waals surface area (Å²) in [7, 11) is 1.54. The summed E-state index contributed by atoms with van der Waals surface area (Å²) in [5.74, 6) is 0.558. The average Bonchev–Trinajstić information content (AvgIpc) is 2.04. The minimum Gasteiger partial charge on any atom is -0.496 e. The second-order valence-electron chi connectivity index (χ2n) is 2.17. The van der Waals surface area contributed by atoms with Gasteiger partial charge in [-0.1, -0.05) is 12.1 Å². The summed E-state index contributed by atoms with van der Waals surface area (Å²) >= 11 is 0. The van der Waals surface area contributed by atoms with E-state index in [0.29, 0.717) is 11.3 Å². The SMILES string of the molecule is COc1ccc[c]c1C(C)=O. The molecule has 57 valence electrons. The summed E-state index contributed by atoms with van der Waals surface area (Å²) in [6.45, 7) is 1.49. The van der Waals surface area contributed by atoms with Crippen LogP contribution in [0.5, 0.6) is 5.75 Å². The molecule has 0 N–H and O–H groups in total. The Balaban J connectivity index is 3.12. The minimum absolute atomic E-state index is 0.0255. The lowest BCUT2D eigenvalue weighted by Gasteiger charge is -2.02. The van der Waals surface area contributed by atoms with Crippen molar-refractivity contribution < 1.29 is 9.53 Å². The number of rotatable bonds is 2. The third-order valence-electron chi connectivity index (χ3n) is 1.39. The maximum absolute atomic E-state index is 10.9. The van der Waals surface area contributed by atoms with Crippen molar-refractivity contribution in [2.45, 2.75) is 6.92 Å². The third kappa shape index (κ3) is 1.58. The predicted molar refractivity (Wildman–Crippen MR) is 41.8 cm³/mol. The van der Waals surface area contributed by atoms with Gasteiger partial charge in [-0.3, -0.25) is 4.79 Å². The van der Waals surface area contributed by atoms with Gasteiger partial charge >= 0.3 is 0 Å². The summed E-state index contributed by atoms with van der Waals surface area (Å²) in [6, 6.07) is 8.03. The number of hydrogen-bond donors (Lipinski definition) is 0. The normalized spacial score (nSPS) is 9.27. The fourth-order valence-electron chi connectivity index (χ4n) is 0.867. The highest BCUT2D eigenvalue weighted by atomic mass is 16.5. The van der Waals surface area contributed by atoms with E-state index in [2.05, 4.69) is 6.07 Å². The molecular weight excluding hydrogens is 140 g/mol. The summed E-state index contributed by atoms with van der Waals surface area (Å²) < 4.78 is 4.95. The molecule has 0 spiro atoms. The molecule has 0 aliphatic rings. The van der Waals surface area contributed by atoms with Gasteiger partial charge in [-0.15, -0.1) is 0 Å². The van der Waals surface area contributed by atoms with Crippen molar-refractivity contribution in [1.82, 2.24) is 0 Å². The van der Waals surface area contributed by atoms with Gasteiger partial charge in [0, 0.05) is 0 Å². The molecule has 1 rings (SSSR count). The topological polar surface area (TPSA) is 26.3 Å². The van der Waals surface area contributed by atoms with Gasteiger partial charge < -0.3 is 4.74 Å². The van der Waals surface area contributed by atoms with Crippen LogP contribution >= 0.6 is 0 Å². The van der Waals surface area contributed by atoms with Gasteiger partial charge in [-0.05, 0) is 19.1 Å². The molecule has 0 unspecified atom stereocenters. The van der Waals surface area contributed by atoms with Crippen LogP contribution in [-0.2, 0) is 0 Å². The Kier molecular flexibility index (Phi) is 2.26. The number of methoxy groups -OCH3 is 1. The van der Waals surface area contributed by atoms with Crippen molar-refractivity contribution in [2.75, 3.05) is 7.11 Å². The van der Waals surface area contributed by atoms with Crippen molar-refractivity contribution in [2.24, 2.45) is 0 Å². The molecule has 0 bridgehead atoms. The molecule has 0 amide bonds. The highest BCUT2D eigenvalue weighted by molar-refractivity contribution is 5.96. The lowest BCUT2D eigenvalue weighted by molar-refractivity contribution is 0.101. The van der Waals surface area contributed by atoms with Crippen LogP contribution in [0.2, 0.25) is 0 Å². The number of Topliss-reactive ketones (excluding diaryl/α,β-unsaturated/α-hetero) is 1. The molecule has 0 aliphatic carbocycles. The number of carbonyl (C=O) groups excluding carboxylic acids is 1. The third-order valence-corrected chi connectivity index (χ3v) is 1.39. The molecule has 11 heavy (non-hydrogen) atoms. The van der Waals surface area contributed by atoms with E-state index in [1.54, 1.807) is 18.2 Å². The maximum Gasteiger partial charge on any atom is 0.164 e. The van der Waals surface area contributed by atoms with Crippen molar-refractivity contribution >= 4 is 5.78 Å². The van der Waals surface area contributed by atoms with Gasteiger partial charge in [0.05, 0.1) is 12.7 Å². The van der Waals surface area contributed by atoms with Crippen molar-refractivity contribution in [1.29, 1.82) is 0 Å². The Labute approximate surface area is 65.8 Å². The lowest BCUT2D eigenvalue weighted by atomic mass is 10.1. The fourth-order valence-corrected chi connectivity index (χ4v) is 0.867. The van der Waals surface area contributed by atoms with E-state index in [9.17, 15) is 4.79 Å². The number of ketones is 1. The minimum atomic E-state index is -0.0255. The summed E-state index contributed by atoms with van der Waals surface area (Å²) in [4.78, 5) is 10.9. The smallest absolute Gasteiger partial charge is 0.164 e. The molecule has 0 aliphatic heterocycles. The van der Waals surface area contributed by atoms with E-state index in [1.165, 1.54) is 14.0 Å². The molecule has 0 heterocycles. The molecule has 2 nitrogen and oxygen atoms in total. The van der Waals surface area contributed by atoms with Crippen molar-refractivity contribution in [3.8, 4) is 5.75 Å². The average molecular weight is 149 g/mol. The quantitative estimate of drug-likeness (QED) is 0.598. The largest absolute Gasteiger partial charge is 0.496 e. The fraction of sp³-hybridized carbons (Fsp3) is 0.222. The van der Waals surface area contributed by atoms with Crippen LogP contribution in [0, 0.1) is 6.07 Å². The van der Waals surface area contributed by atoms with Gasteiger partial charge in [0.1, 0.15) is 5.75 Å². The summed E-state index contributed by atoms with van der Waals surface area (Å²) in [5.41, 5.74) is 0.509. The van der Waals surface area contributed by atoms with E-state index in [1.807, 2.05) is 0 Å².